The van der Waals surface area contributed by atoms with Gasteiger partial charge in [0, 0.05) is 6.04 Å². The van der Waals surface area contributed by atoms with E-state index >= 15 is 0 Å². The van der Waals surface area contributed by atoms with Gasteiger partial charge < -0.3 is 14.8 Å². The van der Waals surface area contributed by atoms with Crippen molar-refractivity contribution in [2.45, 2.75) is 51.5 Å². The fourth-order valence-electron chi connectivity index (χ4n) is 3.83. The van der Waals surface area contributed by atoms with Crippen LogP contribution < -0.4 is 14.8 Å². The normalized spacial score (nSPS) is 16.0. The molecule has 0 spiro atoms. The van der Waals surface area contributed by atoms with E-state index in [0.29, 0.717) is 19.3 Å². The number of hydrogen-bond donors (Lipinski definition) is 1. The molecule has 0 bridgehead atoms. The maximum atomic E-state index is 5.81. The van der Waals surface area contributed by atoms with Crippen molar-refractivity contribution in [3.05, 3.63) is 60.2 Å². The van der Waals surface area contributed by atoms with E-state index in [1.54, 1.807) is 0 Å². The summed E-state index contributed by atoms with van der Waals surface area (Å²) in [5, 5.41) is 3.78. The van der Waals surface area contributed by atoms with Crippen molar-refractivity contribution in [3.63, 3.8) is 0 Å². The lowest BCUT2D eigenvalue weighted by molar-refractivity contribution is 0.217. The van der Waals surface area contributed by atoms with Crippen LogP contribution in [-0.4, -0.2) is 19.8 Å². The van der Waals surface area contributed by atoms with Gasteiger partial charge in [-0.2, -0.15) is 0 Å². The van der Waals surface area contributed by atoms with Crippen LogP contribution >= 0.6 is 0 Å². The van der Waals surface area contributed by atoms with Crippen molar-refractivity contribution < 1.29 is 9.47 Å². The highest BCUT2D eigenvalue weighted by molar-refractivity contribution is 5.29. The summed E-state index contributed by atoms with van der Waals surface area (Å²) in [6.45, 7) is 4.50. The molecule has 27 heavy (non-hydrogen) atoms. The van der Waals surface area contributed by atoms with E-state index in [1.807, 2.05) is 30.3 Å². The quantitative estimate of drug-likeness (QED) is 0.541. The summed E-state index contributed by atoms with van der Waals surface area (Å²) in [5.74, 6) is 2.64. The molecule has 1 unspecified atom stereocenters. The third-order valence-electron chi connectivity index (χ3n) is 5.43. The van der Waals surface area contributed by atoms with Crippen LogP contribution in [0.5, 0.6) is 11.5 Å². The Morgan fingerprint density at radius 1 is 0.852 bits per heavy atom. The summed E-state index contributed by atoms with van der Waals surface area (Å²) in [4.78, 5) is 0. The molecule has 1 atom stereocenters. The highest BCUT2D eigenvalue weighted by atomic mass is 16.5. The topological polar surface area (TPSA) is 30.5 Å². The number of nitrogens with one attached hydrogen (secondary N) is 1. The highest BCUT2D eigenvalue weighted by Crippen LogP contribution is 2.25. The van der Waals surface area contributed by atoms with Gasteiger partial charge >= 0.3 is 0 Å². The standard InChI is InChI=1S/C24H33NO2/c1-2-24(25-19-20-9-5-3-6-10-20)21-13-15-23(16-14-21)27-18-17-26-22-11-7-4-8-12-22/h4,7-8,11-16,20,24-25H,2-3,5-6,9-10,17-19H2,1H3. The first-order chi connectivity index (χ1) is 13.3. The number of hydrogen-bond acceptors (Lipinski definition) is 3. The van der Waals surface area contributed by atoms with Crippen molar-refractivity contribution in [2.75, 3.05) is 19.8 Å². The Morgan fingerprint density at radius 3 is 2.11 bits per heavy atom. The first kappa shape index (κ1) is 19.8. The van der Waals surface area contributed by atoms with E-state index in [0.717, 1.165) is 30.4 Å². The minimum atomic E-state index is 0.433. The third-order valence-corrected chi connectivity index (χ3v) is 5.43. The minimum Gasteiger partial charge on any atom is -0.490 e. The molecule has 2 aromatic rings. The van der Waals surface area contributed by atoms with Crippen molar-refractivity contribution >= 4 is 0 Å². The van der Waals surface area contributed by atoms with Gasteiger partial charge in [0.25, 0.3) is 0 Å². The largest absolute Gasteiger partial charge is 0.490 e. The first-order valence-corrected chi connectivity index (χ1v) is 10.5. The average molecular weight is 368 g/mol. The molecular weight excluding hydrogens is 334 g/mol. The fraction of sp³-hybridized carbons (Fsp3) is 0.500. The first-order valence-electron chi connectivity index (χ1n) is 10.5. The Bertz CT molecular complexity index is 635. The van der Waals surface area contributed by atoms with Crippen LogP contribution in [0.25, 0.3) is 0 Å². The SMILES string of the molecule is CCC(NCC1CCCCC1)c1ccc(OCCOc2ccccc2)cc1. The lowest BCUT2D eigenvalue weighted by Crippen LogP contribution is -2.28. The molecule has 1 saturated carbocycles. The smallest absolute Gasteiger partial charge is 0.122 e. The van der Waals surface area contributed by atoms with Gasteiger partial charge in [-0.05, 0) is 61.6 Å². The molecule has 146 valence electrons. The van der Waals surface area contributed by atoms with E-state index in [1.165, 1.54) is 37.7 Å². The van der Waals surface area contributed by atoms with Crippen LogP contribution in [0, 0.1) is 5.92 Å². The lowest BCUT2D eigenvalue weighted by atomic mass is 9.89. The van der Waals surface area contributed by atoms with E-state index in [-0.39, 0.29) is 0 Å². The fourth-order valence-corrected chi connectivity index (χ4v) is 3.83. The molecule has 0 aliphatic heterocycles. The molecule has 3 nitrogen and oxygen atoms in total. The van der Waals surface area contributed by atoms with Gasteiger partial charge in [-0.1, -0.05) is 56.5 Å². The van der Waals surface area contributed by atoms with Crippen molar-refractivity contribution in [3.8, 4) is 11.5 Å². The summed E-state index contributed by atoms with van der Waals surface area (Å²) in [7, 11) is 0. The maximum Gasteiger partial charge on any atom is 0.122 e. The highest BCUT2D eigenvalue weighted by Gasteiger charge is 2.16. The number of rotatable bonds is 10. The van der Waals surface area contributed by atoms with Gasteiger partial charge in [0.05, 0.1) is 0 Å². The monoisotopic (exact) mass is 367 g/mol. The van der Waals surface area contributed by atoms with Gasteiger partial charge in [0.1, 0.15) is 24.7 Å². The molecule has 1 fully saturated rings. The lowest BCUT2D eigenvalue weighted by Gasteiger charge is -2.25. The Hall–Kier alpha value is -2.00. The second-order valence-electron chi connectivity index (χ2n) is 7.45. The molecule has 0 amide bonds. The predicted octanol–water partition coefficient (Wildman–Crippen LogP) is 5.77. The Balaban J connectivity index is 1.41. The molecule has 0 heterocycles. The molecule has 0 aromatic heterocycles. The Labute approximate surface area is 164 Å². The summed E-state index contributed by atoms with van der Waals surface area (Å²) >= 11 is 0. The molecule has 0 saturated heterocycles. The predicted molar refractivity (Wildman–Crippen MR) is 111 cm³/mol. The molecule has 1 N–H and O–H groups in total. The Kier molecular flexibility index (Phi) is 8.03. The van der Waals surface area contributed by atoms with Crippen LogP contribution in [0.1, 0.15) is 57.1 Å². The van der Waals surface area contributed by atoms with Crippen molar-refractivity contribution in [2.24, 2.45) is 5.92 Å². The zero-order valence-electron chi connectivity index (χ0n) is 16.5. The van der Waals surface area contributed by atoms with Crippen molar-refractivity contribution in [1.82, 2.24) is 5.32 Å². The third kappa shape index (κ3) is 6.59. The molecule has 1 aliphatic carbocycles. The van der Waals surface area contributed by atoms with E-state index < -0.39 is 0 Å². The van der Waals surface area contributed by atoms with E-state index in [2.05, 4.69) is 36.5 Å². The molecule has 2 aromatic carbocycles. The zero-order chi connectivity index (χ0) is 18.7. The number of para-hydroxylation sites is 1. The zero-order valence-corrected chi connectivity index (χ0v) is 16.5. The number of ether oxygens (including phenoxy) is 2. The van der Waals surface area contributed by atoms with Crippen LogP contribution in [0.4, 0.5) is 0 Å². The van der Waals surface area contributed by atoms with Crippen LogP contribution in [0.3, 0.4) is 0 Å². The summed E-state index contributed by atoms with van der Waals surface area (Å²) in [6, 6.07) is 18.8. The molecular formula is C24H33NO2. The van der Waals surface area contributed by atoms with E-state index in [9.17, 15) is 0 Å². The van der Waals surface area contributed by atoms with Gasteiger partial charge in [-0.25, -0.2) is 0 Å². The van der Waals surface area contributed by atoms with Gasteiger partial charge in [-0.15, -0.1) is 0 Å². The van der Waals surface area contributed by atoms with Crippen LogP contribution in [0.15, 0.2) is 54.6 Å². The summed E-state index contributed by atoms with van der Waals surface area (Å²) in [5.41, 5.74) is 1.35. The molecule has 3 heteroatoms. The maximum absolute atomic E-state index is 5.81. The van der Waals surface area contributed by atoms with Gasteiger partial charge in [-0.3, -0.25) is 0 Å². The second kappa shape index (κ2) is 11.0. The van der Waals surface area contributed by atoms with Crippen LogP contribution in [-0.2, 0) is 0 Å². The minimum absolute atomic E-state index is 0.433. The molecule has 1 aliphatic rings. The summed E-state index contributed by atoms with van der Waals surface area (Å²) < 4.78 is 11.5. The molecule has 3 rings (SSSR count). The van der Waals surface area contributed by atoms with Crippen LogP contribution in [0.2, 0.25) is 0 Å². The summed E-state index contributed by atoms with van der Waals surface area (Å²) in [6.07, 6.45) is 8.12. The molecule has 0 radical (unpaired) electrons. The number of benzene rings is 2. The second-order valence-corrected chi connectivity index (χ2v) is 7.45. The van der Waals surface area contributed by atoms with E-state index in [4.69, 9.17) is 9.47 Å². The average Bonchev–Trinajstić information content (AvgIpc) is 2.74. The Morgan fingerprint density at radius 2 is 1.48 bits per heavy atom. The van der Waals surface area contributed by atoms with Gasteiger partial charge in [0.2, 0.25) is 0 Å². The van der Waals surface area contributed by atoms with Gasteiger partial charge in [0.15, 0.2) is 0 Å². The van der Waals surface area contributed by atoms with Crippen molar-refractivity contribution in [1.29, 1.82) is 0 Å².